The maximum absolute atomic E-state index is 9.77. The number of nitrogens with zero attached hydrogens (tertiary/aromatic N) is 1. The summed E-state index contributed by atoms with van der Waals surface area (Å²) in [6.07, 6.45) is 56.8. The minimum absolute atomic E-state index is 1.04. The van der Waals surface area contributed by atoms with Gasteiger partial charge in [0.1, 0.15) is 0 Å². The Morgan fingerprint density at radius 3 is 1.15 bits per heavy atom. The molecule has 1 heterocycles. The third kappa shape index (κ3) is 22.7. The Hall–Kier alpha value is -2.87. The molecule has 0 bridgehead atoms. The van der Waals surface area contributed by atoms with Crippen LogP contribution in [0.1, 0.15) is 275 Å². The monoisotopic (exact) mass is 847 g/mol. The minimum atomic E-state index is 1.04. The highest BCUT2D eigenvalue weighted by molar-refractivity contribution is 6.17. The van der Waals surface area contributed by atoms with Crippen molar-refractivity contribution < 1.29 is 4.68 Å². The number of unbranched alkanes of at least 4 members (excludes halogenated alkanes) is 31. The summed E-state index contributed by atoms with van der Waals surface area (Å²) in [7, 11) is 0. The third-order valence-electron chi connectivity index (χ3n) is 13.5. The van der Waals surface area contributed by atoms with Crippen molar-refractivity contribution in [2.45, 2.75) is 265 Å². The van der Waals surface area contributed by atoms with Gasteiger partial charge in [0.05, 0.1) is 11.1 Å². The molecule has 0 spiro atoms. The standard InChI is InChI=1S/C60H98N2/c1-5-9-13-17-20-21-22-23-24-25-26-27-28-29-30-31-32-33-36-40-44-58-57(43-39-16-12-8-4)59(55-49-45-53(46-50-55)41-37-34-18-14-10-6-2)62(61)60(58)56-51-47-54(48-52-56)42-38-35-19-15-11-7-3/h40,43-52,61H,5-39,41-42H2,1-4H3. The summed E-state index contributed by atoms with van der Waals surface area (Å²) in [4.78, 5) is 0. The van der Waals surface area contributed by atoms with E-state index in [4.69, 9.17) is 0 Å². The minimum Gasteiger partial charge on any atom is -0.448 e. The van der Waals surface area contributed by atoms with E-state index in [1.165, 1.54) is 234 Å². The summed E-state index contributed by atoms with van der Waals surface area (Å²) in [6.45, 7) is 9.19. The topological polar surface area (TPSA) is 26.8 Å². The maximum Gasteiger partial charge on any atom is 0.216 e. The van der Waals surface area contributed by atoms with Crippen LogP contribution >= 0.6 is 0 Å². The van der Waals surface area contributed by atoms with E-state index in [1.807, 2.05) is 0 Å². The van der Waals surface area contributed by atoms with Crippen LogP contribution in [0.25, 0.3) is 11.5 Å². The van der Waals surface area contributed by atoms with Crippen molar-refractivity contribution in [3.8, 4) is 0 Å². The first kappa shape index (κ1) is 53.5. The SMILES string of the molecule is CCCCCC=C1C(C=CCCCCCCCCCCCCCCCCCCCC)=C(c2ccc(CCCCCCCC)cc2)[N+]([NH-])=C1c1ccc(CCCCCCCC)cc1. The normalized spacial score (nSPS) is 13.8. The van der Waals surface area contributed by atoms with Gasteiger partial charge in [-0.05, 0) is 86.8 Å². The lowest BCUT2D eigenvalue weighted by atomic mass is 9.93. The van der Waals surface area contributed by atoms with Crippen LogP contribution in [-0.4, -0.2) is 10.4 Å². The second-order valence-corrected chi connectivity index (χ2v) is 19.2. The summed E-state index contributed by atoms with van der Waals surface area (Å²) in [6, 6.07) is 18.5. The number of hydrogen-bond donors (Lipinski definition) is 0. The summed E-state index contributed by atoms with van der Waals surface area (Å²) in [5.74, 6) is 9.77. The fraction of sp³-hybridized carbons (Fsp3) is 0.683. The average Bonchev–Trinajstić information content (AvgIpc) is 3.57. The predicted molar refractivity (Wildman–Crippen MR) is 277 cm³/mol. The molecule has 2 nitrogen and oxygen atoms in total. The molecule has 0 radical (unpaired) electrons. The van der Waals surface area contributed by atoms with Crippen LogP contribution in [-0.2, 0) is 12.8 Å². The van der Waals surface area contributed by atoms with Gasteiger partial charge in [-0.3, -0.25) is 0 Å². The molecule has 0 atom stereocenters. The molecule has 2 aromatic carbocycles. The van der Waals surface area contributed by atoms with Crippen LogP contribution in [0.5, 0.6) is 0 Å². The van der Waals surface area contributed by atoms with E-state index in [2.05, 4.69) is 94.5 Å². The lowest BCUT2D eigenvalue weighted by Crippen LogP contribution is -2.11. The van der Waals surface area contributed by atoms with Crippen LogP contribution in [0, 0.1) is 0 Å². The fourth-order valence-electron chi connectivity index (χ4n) is 9.44. The Morgan fingerprint density at radius 1 is 0.387 bits per heavy atom. The molecular formula is C60H98N2. The Kier molecular flexibility index (Phi) is 31.4. The molecule has 0 amide bonds. The van der Waals surface area contributed by atoms with Gasteiger partial charge in [-0.1, -0.05) is 256 Å². The number of rotatable bonds is 40. The third-order valence-corrected chi connectivity index (χ3v) is 13.5. The lowest BCUT2D eigenvalue weighted by molar-refractivity contribution is -0.347. The Labute approximate surface area is 385 Å². The molecule has 0 unspecified atom stereocenters. The Morgan fingerprint density at radius 2 is 0.726 bits per heavy atom. The number of aryl methyl sites for hydroxylation is 2. The largest absolute Gasteiger partial charge is 0.448 e. The predicted octanol–water partition coefficient (Wildman–Crippen LogP) is 20.2. The maximum atomic E-state index is 9.77. The van der Waals surface area contributed by atoms with E-state index in [-0.39, 0.29) is 0 Å². The smallest absolute Gasteiger partial charge is 0.216 e. The molecule has 0 aromatic heterocycles. The van der Waals surface area contributed by atoms with E-state index in [0.717, 1.165) is 48.2 Å². The Balaban J connectivity index is 1.61. The van der Waals surface area contributed by atoms with Crippen LogP contribution in [0.3, 0.4) is 0 Å². The summed E-state index contributed by atoms with van der Waals surface area (Å²) in [5, 5.41) is 0. The molecule has 1 aliphatic rings. The molecule has 62 heavy (non-hydrogen) atoms. The zero-order chi connectivity index (χ0) is 44.1. The van der Waals surface area contributed by atoms with Gasteiger partial charge in [0.15, 0.2) is 0 Å². The molecular weight excluding hydrogens is 749 g/mol. The Bertz CT molecular complexity index is 1500. The quantitative estimate of drug-likeness (QED) is 0.0472. The highest BCUT2D eigenvalue weighted by Gasteiger charge is 2.34. The number of hydrogen-bond acceptors (Lipinski definition) is 0. The van der Waals surface area contributed by atoms with Crippen molar-refractivity contribution in [2.75, 3.05) is 0 Å². The van der Waals surface area contributed by atoms with Gasteiger partial charge < -0.3 is 5.84 Å². The van der Waals surface area contributed by atoms with E-state index < -0.39 is 0 Å². The van der Waals surface area contributed by atoms with Crippen LogP contribution in [0.4, 0.5) is 0 Å². The van der Waals surface area contributed by atoms with Gasteiger partial charge in [-0.15, -0.1) is 0 Å². The van der Waals surface area contributed by atoms with Crippen molar-refractivity contribution in [3.05, 3.63) is 106 Å². The molecule has 0 saturated carbocycles. The van der Waals surface area contributed by atoms with Gasteiger partial charge in [0.2, 0.25) is 11.4 Å². The molecule has 3 rings (SSSR count). The summed E-state index contributed by atoms with van der Waals surface area (Å²) < 4.78 is 1.78. The average molecular weight is 847 g/mol. The second-order valence-electron chi connectivity index (χ2n) is 19.2. The second kappa shape index (κ2) is 36.5. The van der Waals surface area contributed by atoms with Gasteiger partial charge in [0, 0.05) is 11.1 Å². The van der Waals surface area contributed by atoms with E-state index in [0.29, 0.717) is 0 Å². The molecule has 348 valence electrons. The highest BCUT2D eigenvalue weighted by Crippen LogP contribution is 2.37. The van der Waals surface area contributed by atoms with Gasteiger partial charge >= 0.3 is 0 Å². The molecule has 2 aromatic rings. The highest BCUT2D eigenvalue weighted by atomic mass is 15.3. The molecule has 1 N–H and O–H groups in total. The number of allylic oxidation sites excluding steroid dienone is 5. The van der Waals surface area contributed by atoms with Gasteiger partial charge in [-0.25, -0.2) is 4.68 Å². The van der Waals surface area contributed by atoms with Crippen molar-refractivity contribution >= 4 is 11.4 Å². The molecule has 1 aliphatic heterocycles. The van der Waals surface area contributed by atoms with Gasteiger partial charge in [0.25, 0.3) is 0 Å². The van der Waals surface area contributed by atoms with E-state index in [1.54, 1.807) is 4.68 Å². The first-order chi connectivity index (χ1) is 30.6. The first-order valence-electron chi connectivity index (χ1n) is 27.3. The first-order valence-corrected chi connectivity index (χ1v) is 27.3. The fourth-order valence-corrected chi connectivity index (χ4v) is 9.44. The van der Waals surface area contributed by atoms with Crippen molar-refractivity contribution in [1.29, 1.82) is 0 Å². The zero-order valence-electron chi connectivity index (χ0n) is 41.5. The van der Waals surface area contributed by atoms with E-state index in [9.17, 15) is 5.84 Å². The van der Waals surface area contributed by atoms with Crippen LogP contribution < -0.4 is 0 Å². The molecule has 0 fully saturated rings. The zero-order valence-corrected chi connectivity index (χ0v) is 41.5. The lowest BCUT2D eigenvalue weighted by Gasteiger charge is -2.09. The van der Waals surface area contributed by atoms with Crippen molar-refractivity contribution in [2.24, 2.45) is 0 Å². The molecule has 0 saturated heterocycles. The van der Waals surface area contributed by atoms with Crippen LogP contribution in [0.15, 0.2) is 77.9 Å². The molecule has 0 aliphatic carbocycles. The number of benzene rings is 2. The van der Waals surface area contributed by atoms with Crippen molar-refractivity contribution in [3.63, 3.8) is 0 Å². The molecule has 2 heteroatoms. The van der Waals surface area contributed by atoms with Crippen LogP contribution in [0.2, 0.25) is 0 Å². The summed E-state index contributed by atoms with van der Waals surface area (Å²) in [5.41, 5.74) is 9.74. The number of nitrogens with one attached hydrogen (secondary N) is 1. The van der Waals surface area contributed by atoms with E-state index >= 15 is 0 Å². The summed E-state index contributed by atoms with van der Waals surface area (Å²) >= 11 is 0. The van der Waals surface area contributed by atoms with Crippen molar-refractivity contribution in [1.82, 2.24) is 0 Å². The van der Waals surface area contributed by atoms with Gasteiger partial charge in [-0.2, -0.15) is 0 Å².